The normalized spacial score (nSPS) is 19.2. The molecule has 0 aliphatic carbocycles. The largest absolute Gasteiger partial charge is 0.353 e. The molecule has 1 fully saturated rings. The molecule has 106 valence electrons. The van der Waals surface area contributed by atoms with Gasteiger partial charge in [-0.15, -0.1) is 0 Å². The summed E-state index contributed by atoms with van der Waals surface area (Å²) in [4.78, 5) is 14.3. The Morgan fingerprint density at radius 2 is 1.89 bits per heavy atom. The summed E-state index contributed by atoms with van der Waals surface area (Å²) in [5.41, 5.74) is 5.91. The van der Waals surface area contributed by atoms with Gasteiger partial charge in [0, 0.05) is 12.1 Å². The van der Waals surface area contributed by atoms with Crippen molar-refractivity contribution in [3.8, 4) is 0 Å². The van der Waals surface area contributed by atoms with E-state index in [1.165, 1.54) is 12.8 Å². The molecule has 1 heterocycles. The minimum atomic E-state index is -0.376. The maximum absolute atomic E-state index is 11.9. The number of amides is 1. The summed E-state index contributed by atoms with van der Waals surface area (Å²) in [7, 11) is 0. The number of hydrogen-bond donors (Lipinski definition) is 2. The molecule has 4 nitrogen and oxygen atoms in total. The topological polar surface area (TPSA) is 58.4 Å². The van der Waals surface area contributed by atoms with Gasteiger partial charge in [0.25, 0.3) is 0 Å². The van der Waals surface area contributed by atoms with Crippen LogP contribution in [0.2, 0.25) is 0 Å². The number of nitrogens with zero attached hydrogens (tertiary/aromatic N) is 1. The van der Waals surface area contributed by atoms with Gasteiger partial charge in [-0.05, 0) is 52.1 Å². The van der Waals surface area contributed by atoms with Crippen LogP contribution in [0.1, 0.15) is 47.0 Å². The first kappa shape index (κ1) is 15.4. The molecule has 18 heavy (non-hydrogen) atoms. The lowest BCUT2D eigenvalue weighted by molar-refractivity contribution is -0.123. The zero-order valence-electron chi connectivity index (χ0n) is 12.3. The lowest BCUT2D eigenvalue weighted by Gasteiger charge is -2.35. The minimum absolute atomic E-state index is 0.0176. The average Bonchev–Trinajstić information content (AvgIpc) is 2.78. The van der Waals surface area contributed by atoms with E-state index < -0.39 is 0 Å². The Morgan fingerprint density at radius 1 is 1.33 bits per heavy atom. The summed E-state index contributed by atoms with van der Waals surface area (Å²) < 4.78 is 0. The molecule has 1 atom stereocenters. The van der Waals surface area contributed by atoms with E-state index in [4.69, 9.17) is 5.73 Å². The van der Waals surface area contributed by atoms with E-state index in [0.717, 1.165) is 19.5 Å². The van der Waals surface area contributed by atoms with Crippen LogP contribution in [0.25, 0.3) is 0 Å². The molecule has 1 rings (SSSR count). The molecule has 1 saturated heterocycles. The number of carbonyl (C=O) groups is 1. The maximum Gasteiger partial charge on any atom is 0.236 e. The lowest BCUT2D eigenvalue weighted by atomic mass is 10.0. The summed E-state index contributed by atoms with van der Waals surface area (Å²) in [5, 5.41) is 3.00. The van der Waals surface area contributed by atoms with Gasteiger partial charge in [0.15, 0.2) is 0 Å². The standard InChI is InChI=1S/C14H29N3O/c1-11(2)9-12(15)13(18)16-10-14(3,4)17-7-5-6-8-17/h11-12H,5-10,15H2,1-4H3,(H,16,18)/t12-/m0/s1. The van der Waals surface area contributed by atoms with Gasteiger partial charge in [0.1, 0.15) is 0 Å². The Balaban J connectivity index is 2.36. The van der Waals surface area contributed by atoms with Crippen LogP contribution in [0.4, 0.5) is 0 Å². The lowest BCUT2D eigenvalue weighted by Crippen LogP contribution is -2.53. The first-order chi connectivity index (χ1) is 8.33. The fourth-order valence-electron chi connectivity index (χ4n) is 2.48. The number of nitrogens with two attached hydrogens (primary N) is 1. The predicted octanol–water partition coefficient (Wildman–Crippen LogP) is 1.35. The van der Waals surface area contributed by atoms with Gasteiger partial charge in [0.2, 0.25) is 5.91 Å². The molecule has 1 aliphatic rings. The van der Waals surface area contributed by atoms with E-state index in [0.29, 0.717) is 12.5 Å². The van der Waals surface area contributed by atoms with Crippen LogP contribution < -0.4 is 11.1 Å². The molecule has 1 amide bonds. The molecule has 1 aliphatic heterocycles. The summed E-state index contributed by atoms with van der Waals surface area (Å²) in [6.07, 6.45) is 3.28. The number of likely N-dealkylation sites (tertiary alicyclic amines) is 1. The highest BCUT2D eigenvalue weighted by Gasteiger charge is 2.29. The Hall–Kier alpha value is -0.610. The Labute approximate surface area is 111 Å². The predicted molar refractivity (Wildman–Crippen MR) is 75.3 cm³/mol. The highest BCUT2D eigenvalue weighted by Crippen LogP contribution is 2.20. The van der Waals surface area contributed by atoms with Crippen LogP contribution >= 0.6 is 0 Å². The van der Waals surface area contributed by atoms with Gasteiger partial charge in [-0.2, -0.15) is 0 Å². The van der Waals surface area contributed by atoms with Crippen molar-refractivity contribution in [3.63, 3.8) is 0 Å². The minimum Gasteiger partial charge on any atom is -0.353 e. The van der Waals surface area contributed by atoms with Crippen LogP contribution in [-0.4, -0.2) is 42.0 Å². The van der Waals surface area contributed by atoms with Crippen molar-refractivity contribution in [3.05, 3.63) is 0 Å². The van der Waals surface area contributed by atoms with Crippen molar-refractivity contribution >= 4 is 5.91 Å². The monoisotopic (exact) mass is 255 g/mol. The van der Waals surface area contributed by atoms with Crippen molar-refractivity contribution < 1.29 is 4.79 Å². The first-order valence-corrected chi connectivity index (χ1v) is 7.11. The third kappa shape index (κ3) is 4.58. The van der Waals surface area contributed by atoms with E-state index in [2.05, 4.69) is 37.9 Å². The van der Waals surface area contributed by atoms with E-state index in [1.807, 2.05) is 0 Å². The van der Waals surface area contributed by atoms with Crippen LogP contribution in [0.15, 0.2) is 0 Å². The average molecular weight is 255 g/mol. The molecule has 3 N–H and O–H groups in total. The van der Waals surface area contributed by atoms with Gasteiger partial charge in [0.05, 0.1) is 6.04 Å². The second-order valence-corrected chi connectivity index (χ2v) is 6.46. The highest BCUT2D eigenvalue weighted by molar-refractivity contribution is 5.81. The maximum atomic E-state index is 11.9. The second-order valence-electron chi connectivity index (χ2n) is 6.46. The van der Waals surface area contributed by atoms with Crippen molar-refractivity contribution in [2.45, 2.75) is 58.5 Å². The second kappa shape index (κ2) is 6.53. The number of hydrogen-bond acceptors (Lipinski definition) is 3. The fraction of sp³-hybridized carbons (Fsp3) is 0.929. The van der Waals surface area contributed by atoms with Gasteiger partial charge in [-0.1, -0.05) is 13.8 Å². The smallest absolute Gasteiger partial charge is 0.236 e. The van der Waals surface area contributed by atoms with Crippen molar-refractivity contribution in [1.82, 2.24) is 10.2 Å². The highest BCUT2D eigenvalue weighted by atomic mass is 16.2. The van der Waals surface area contributed by atoms with Crippen molar-refractivity contribution in [2.24, 2.45) is 11.7 Å². The van der Waals surface area contributed by atoms with E-state index in [9.17, 15) is 4.79 Å². The molecule has 0 spiro atoms. The van der Waals surface area contributed by atoms with E-state index in [1.54, 1.807) is 0 Å². The third-order valence-corrected chi connectivity index (χ3v) is 3.72. The molecule has 0 aromatic rings. The SMILES string of the molecule is CC(C)C[C@H](N)C(=O)NCC(C)(C)N1CCCC1. The molecule has 0 saturated carbocycles. The molecule has 0 radical (unpaired) electrons. The third-order valence-electron chi connectivity index (χ3n) is 3.72. The number of rotatable bonds is 6. The number of carbonyl (C=O) groups excluding carboxylic acids is 1. The zero-order chi connectivity index (χ0) is 13.8. The Morgan fingerprint density at radius 3 is 2.39 bits per heavy atom. The molecule has 0 aromatic carbocycles. The van der Waals surface area contributed by atoms with Crippen molar-refractivity contribution in [2.75, 3.05) is 19.6 Å². The van der Waals surface area contributed by atoms with Gasteiger partial charge in [-0.3, -0.25) is 9.69 Å². The summed E-state index contributed by atoms with van der Waals surface area (Å²) >= 11 is 0. The molecule has 4 heteroatoms. The molecule has 0 aromatic heterocycles. The van der Waals surface area contributed by atoms with E-state index >= 15 is 0 Å². The van der Waals surface area contributed by atoms with Crippen LogP contribution in [0.3, 0.4) is 0 Å². The van der Waals surface area contributed by atoms with Gasteiger partial charge < -0.3 is 11.1 Å². The molecule has 0 bridgehead atoms. The van der Waals surface area contributed by atoms with Gasteiger partial charge >= 0.3 is 0 Å². The van der Waals surface area contributed by atoms with Crippen LogP contribution in [0, 0.1) is 5.92 Å². The van der Waals surface area contributed by atoms with Crippen LogP contribution in [0.5, 0.6) is 0 Å². The fourth-order valence-corrected chi connectivity index (χ4v) is 2.48. The summed E-state index contributed by atoms with van der Waals surface area (Å²) in [5.74, 6) is 0.438. The summed E-state index contributed by atoms with van der Waals surface area (Å²) in [6.45, 7) is 11.5. The Kier molecular flexibility index (Phi) is 5.60. The summed E-state index contributed by atoms with van der Waals surface area (Å²) in [6, 6.07) is -0.376. The zero-order valence-corrected chi connectivity index (χ0v) is 12.3. The van der Waals surface area contributed by atoms with E-state index in [-0.39, 0.29) is 17.5 Å². The quantitative estimate of drug-likeness (QED) is 0.753. The Bertz CT molecular complexity index is 270. The van der Waals surface area contributed by atoms with Crippen molar-refractivity contribution in [1.29, 1.82) is 0 Å². The first-order valence-electron chi connectivity index (χ1n) is 7.11. The molecular weight excluding hydrogens is 226 g/mol. The number of nitrogens with one attached hydrogen (secondary N) is 1. The molecular formula is C14H29N3O. The molecule has 0 unspecified atom stereocenters. The van der Waals surface area contributed by atoms with Gasteiger partial charge in [-0.25, -0.2) is 0 Å². The van der Waals surface area contributed by atoms with Crippen LogP contribution in [-0.2, 0) is 4.79 Å².